The van der Waals surface area contributed by atoms with E-state index < -0.39 is 0 Å². The predicted molar refractivity (Wildman–Crippen MR) is 68.6 cm³/mol. The molecule has 0 aliphatic carbocycles. The second-order valence-corrected chi connectivity index (χ2v) is 4.50. The summed E-state index contributed by atoms with van der Waals surface area (Å²) in [6.45, 7) is 9.49. The zero-order chi connectivity index (χ0) is 11.3. The van der Waals surface area contributed by atoms with Gasteiger partial charge in [0.1, 0.15) is 0 Å². The van der Waals surface area contributed by atoms with Crippen molar-refractivity contribution >= 4 is 17.3 Å². The van der Waals surface area contributed by atoms with Gasteiger partial charge in [0.15, 0.2) is 0 Å². The van der Waals surface area contributed by atoms with Crippen molar-refractivity contribution in [3.63, 3.8) is 0 Å². The number of benzene rings is 1. The van der Waals surface area contributed by atoms with E-state index in [-0.39, 0.29) is 0 Å². The second-order valence-electron chi connectivity index (χ2n) is 4.50. The standard InChI is InChI=1S/C13H17N3/c1-4-15-11-7-9(2)10(3)8-12(11)16-6-5-14-13(15)16/h7-8H,4-6H2,1-3H3. The van der Waals surface area contributed by atoms with Crippen LogP contribution >= 0.6 is 0 Å². The number of aliphatic imine (C=N–C) groups is 1. The van der Waals surface area contributed by atoms with Crippen molar-refractivity contribution in [2.45, 2.75) is 20.8 Å². The molecule has 0 bridgehead atoms. The quantitative estimate of drug-likeness (QED) is 0.716. The second kappa shape index (κ2) is 3.24. The van der Waals surface area contributed by atoms with Gasteiger partial charge in [-0.1, -0.05) is 0 Å². The number of hydrogen-bond donors (Lipinski definition) is 0. The van der Waals surface area contributed by atoms with Crippen LogP contribution in [0.3, 0.4) is 0 Å². The zero-order valence-corrected chi connectivity index (χ0v) is 10.1. The highest BCUT2D eigenvalue weighted by Gasteiger charge is 2.34. The molecule has 2 aliphatic heterocycles. The summed E-state index contributed by atoms with van der Waals surface area (Å²) in [5.74, 6) is 1.14. The third kappa shape index (κ3) is 1.11. The van der Waals surface area contributed by atoms with Crippen molar-refractivity contribution in [3.8, 4) is 0 Å². The molecule has 0 radical (unpaired) electrons. The maximum atomic E-state index is 4.59. The number of anilines is 2. The first-order valence-corrected chi connectivity index (χ1v) is 5.93. The molecule has 2 heterocycles. The van der Waals surface area contributed by atoms with Crippen LogP contribution < -0.4 is 9.80 Å². The van der Waals surface area contributed by atoms with E-state index in [1.54, 1.807) is 0 Å². The number of nitrogens with zero attached hydrogens (tertiary/aromatic N) is 3. The fraction of sp³-hybridized carbons (Fsp3) is 0.462. The molecular weight excluding hydrogens is 198 g/mol. The Morgan fingerprint density at radius 2 is 1.88 bits per heavy atom. The van der Waals surface area contributed by atoms with Gasteiger partial charge in [-0.05, 0) is 44.0 Å². The van der Waals surface area contributed by atoms with Gasteiger partial charge < -0.3 is 9.80 Å². The van der Waals surface area contributed by atoms with Gasteiger partial charge in [0.25, 0.3) is 0 Å². The van der Waals surface area contributed by atoms with Crippen LogP contribution in [0, 0.1) is 13.8 Å². The van der Waals surface area contributed by atoms with Gasteiger partial charge in [-0.15, -0.1) is 0 Å². The highest BCUT2D eigenvalue weighted by molar-refractivity contribution is 6.17. The fourth-order valence-electron chi connectivity index (χ4n) is 2.53. The minimum absolute atomic E-state index is 0.929. The largest absolute Gasteiger partial charge is 0.310 e. The van der Waals surface area contributed by atoms with Gasteiger partial charge in [0.05, 0.1) is 17.9 Å². The Bertz CT molecular complexity index is 476. The van der Waals surface area contributed by atoms with Crippen molar-refractivity contribution in [1.82, 2.24) is 0 Å². The summed E-state index contributed by atoms with van der Waals surface area (Å²) in [7, 11) is 0. The molecular formula is C13H17N3. The lowest BCUT2D eigenvalue weighted by molar-refractivity contribution is 1.02. The zero-order valence-electron chi connectivity index (χ0n) is 10.1. The Morgan fingerprint density at radius 1 is 1.19 bits per heavy atom. The average Bonchev–Trinajstić information content (AvgIpc) is 2.80. The van der Waals surface area contributed by atoms with E-state index in [0.717, 1.165) is 25.6 Å². The Labute approximate surface area is 96.4 Å². The first kappa shape index (κ1) is 9.70. The topological polar surface area (TPSA) is 18.8 Å². The van der Waals surface area contributed by atoms with Crippen LogP contribution in [0.25, 0.3) is 0 Å². The van der Waals surface area contributed by atoms with Crippen molar-refractivity contribution in [2.24, 2.45) is 4.99 Å². The molecule has 0 fully saturated rings. The van der Waals surface area contributed by atoms with E-state index in [0.29, 0.717) is 0 Å². The third-order valence-corrected chi connectivity index (χ3v) is 3.55. The van der Waals surface area contributed by atoms with E-state index >= 15 is 0 Å². The lowest BCUT2D eigenvalue weighted by Crippen LogP contribution is -2.35. The SMILES string of the molecule is CCN1C2=NCCN2c2cc(C)c(C)cc21. The normalized spacial score (nSPS) is 17.6. The molecule has 0 unspecified atom stereocenters. The summed E-state index contributed by atoms with van der Waals surface area (Å²) in [6.07, 6.45) is 0. The molecule has 0 spiro atoms. The Morgan fingerprint density at radius 3 is 2.56 bits per heavy atom. The van der Waals surface area contributed by atoms with Gasteiger partial charge in [-0.25, -0.2) is 0 Å². The number of hydrogen-bond acceptors (Lipinski definition) is 3. The van der Waals surface area contributed by atoms with Gasteiger partial charge in [0.2, 0.25) is 5.96 Å². The maximum absolute atomic E-state index is 4.59. The summed E-state index contributed by atoms with van der Waals surface area (Å²) >= 11 is 0. The molecule has 3 nitrogen and oxygen atoms in total. The predicted octanol–water partition coefficient (Wildman–Crippen LogP) is 2.32. The number of rotatable bonds is 1. The molecule has 0 aromatic heterocycles. The van der Waals surface area contributed by atoms with E-state index in [1.165, 1.54) is 22.5 Å². The Kier molecular flexibility index (Phi) is 1.96. The van der Waals surface area contributed by atoms with Gasteiger partial charge >= 0.3 is 0 Å². The van der Waals surface area contributed by atoms with Crippen LogP contribution in [0.15, 0.2) is 17.1 Å². The summed E-state index contributed by atoms with van der Waals surface area (Å²) in [4.78, 5) is 9.25. The van der Waals surface area contributed by atoms with Crippen LogP contribution in [-0.2, 0) is 0 Å². The summed E-state index contributed by atoms with van der Waals surface area (Å²) in [5, 5.41) is 0. The van der Waals surface area contributed by atoms with E-state index in [2.05, 4.69) is 47.7 Å². The molecule has 0 amide bonds. The first-order chi connectivity index (χ1) is 7.72. The van der Waals surface area contributed by atoms with Crippen LogP contribution in [0.5, 0.6) is 0 Å². The number of aryl methyl sites for hydroxylation is 2. The molecule has 0 saturated heterocycles. The van der Waals surface area contributed by atoms with Crippen LogP contribution in [0.2, 0.25) is 0 Å². The van der Waals surface area contributed by atoms with Crippen LogP contribution in [-0.4, -0.2) is 25.6 Å². The highest BCUT2D eigenvalue weighted by Crippen LogP contribution is 2.40. The van der Waals surface area contributed by atoms with Crippen LogP contribution in [0.1, 0.15) is 18.1 Å². The molecule has 0 N–H and O–H groups in total. The monoisotopic (exact) mass is 215 g/mol. The van der Waals surface area contributed by atoms with Crippen molar-refractivity contribution in [1.29, 1.82) is 0 Å². The van der Waals surface area contributed by atoms with Crippen molar-refractivity contribution in [2.75, 3.05) is 29.4 Å². The molecule has 1 aromatic carbocycles. The molecule has 0 atom stereocenters. The molecule has 3 heteroatoms. The van der Waals surface area contributed by atoms with Crippen molar-refractivity contribution < 1.29 is 0 Å². The third-order valence-electron chi connectivity index (χ3n) is 3.55. The molecule has 84 valence electrons. The van der Waals surface area contributed by atoms with Crippen molar-refractivity contribution in [3.05, 3.63) is 23.3 Å². The molecule has 16 heavy (non-hydrogen) atoms. The van der Waals surface area contributed by atoms with E-state index in [4.69, 9.17) is 0 Å². The summed E-state index contributed by atoms with van der Waals surface area (Å²) in [5.41, 5.74) is 5.38. The number of guanidine groups is 1. The Balaban J connectivity index is 2.19. The Hall–Kier alpha value is -1.51. The minimum Gasteiger partial charge on any atom is -0.310 e. The maximum Gasteiger partial charge on any atom is 0.205 e. The van der Waals surface area contributed by atoms with Crippen LogP contribution in [0.4, 0.5) is 11.4 Å². The van der Waals surface area contributed by atoms with Gasteiger partial charge in [0, 0.05) is 13.1 Å². The lowest BCUT2D eigenvalue weighted by Gasteiger charge is -2.16. The summed E-state index contributed by atoms with van der Waals surface area (Å²) < 4.78 is 0. The highest BCUT2D eigenvalue weighted by atomic mass is 15.5. The molecule has 0 saturated carbocycles. The summed E-state index contributed by atoms with van der Waals surface area (Å²) in [6, 6.07) is 4.58. The average molecular weight is 215 g/mol. The minimum atomic E-state index is 0.929. The van der Waals surface area contributed by atoms with Gasteiger partial charge in [-0.2, -0.15) is 0 Å². The first-order valence-electron chi connectivity index (χ1n) is 5.93. The molecule has 3 rings (SSSR count). The van der Waals surface area contributed by atoms with E-state index in [1.807, 2.05) is 0 Å². The van der Waals surface area contributed by atoms with E-state index in [9.17, 15) is 0 Å². The smallest absolute Gasteiger partial charge is 0.205 e. The molecule has 2 aliphatic rings. The fourth-order valence-corrected chi connectivity index (χ4v) is 2.53. The lowest BCUT2D eigenvalue weighted by atomic mass is 10.1. The number of fused-ring (bicyclic) bond motifs is 3. The molecule has 1 aromatic rings. The van der Waals surface area contributed by atoms with Gasteiger partial charge in [-0.3, -0.25) is 4.99 Å².